The minimum Gasteiger partial charge on any atom is -0.309 e. The molecule has 1 nitrogen and oxygen atoms in total. The van der Waals surface area contributed by atoms with E-state index in [0.29, 0.717) is 5.56 Å². The Balaban J connectivity index is 2.54. The molecule has 0 saturated heterocycles. The van der Waals surface area contributed by atoms with Crippen molar-refractivity contribution in [3.8, 4) is 0 Å². The van der Waals surface area contributed by atoms with Crippen LogP contribution in [0.2, 0.25) is 5.02 Å². The van der Waals surface area contributed by atoms with Gasteiger partial charge in [0.2, 0.25) is 0 Å². The Morgan fingerprint density at radius 1 is 1.16 bits per heavy atom. The maximum atomic E-state index is 13.4. The molecule has 0 aliphatic carbocycles. The molecule has 0 fully saturated rings. The Labute approximate surface area is 135 Å². The second-order valence-electron chi connectivity index (χ2n) is 3.79. The van der Waals surface area contributed by atoms with E-state index in [2.05, 4.69) is 37.2 Å². The predicted octanol–water partition coefficient (Wildman–Crippen LogP) is 5.51. The molecule has 19 heavy (non-hydrogen) atoms. The molecule has 0 bridgehead atoms. The van der Waals surface area contributed by atoms with Crippen LogP contribution in [0.5, 0.6) is 0 Å². The van der Waals surface area contributed by atoms with Crippen LogP contribution in [-0.2, 0) is 0 Å². The van der Waals surface area contributed by atoms with E-state index in [1.807, 2.05) is 6.07 Å². The second-order valence-corrected chi connectivity index (χ2v) is 7.95. The molecule has 102 valence electrons. The molecule has 1 unspecified atom stereocenters. The van der Waals surface area contributed by atoms with Crippen molar-refractivity contribution in [3.05, 3.63) is 53.6 Å². The van der Waals surface area contributed by atoms with E-state index in [4.69, 9.17) is 11.6 Å². The SMILES string of the molecule is CNC(c1cc(F)c(F)cc1Cl)c1cc(Br)sc1Br. The highest BCUT2D eigenvalue weighted by molar-refractivity contribution is 9.12. The Morgan fingerprint density at radius 3 is 2.32 bits per heavy atom. The molecule has 0 radical (unpaired) electrons. The number of hydrogen-bond acceptors (Lipinski definition) is 2. The molecule has 0 aliphatic rings. The zero-order valence-electron chi connectivity index (χ0n) is 9.61. The van der Waals surface area contributed by atoms with Crippen molar-refractivity contribution in [2.45, 2.75) is 6.04 Å². The van der Waals surface area contributed by atoms with Crippen LogP contribution in [0, 0.1) is 11.6 Å². The van der Waals surface area contributed by atoms with E-state index in [0.717, 1.165) is 25.3 Å². The van der Waals surface area contributed by atoms with E-state index < -0.39 is 11.6 Å². The molecule has 1 aromatic heterocycles. The van der Waals surface area contributed by atoms with Gasteiger partial charge in [-0.2, -0.15) is 0 Å². The molecule has 2 rings (SSSR count). The van der Waals surface area contributed by atoms with E-state index >= 15 is 0 Å². The standard InChI is InChI=1S/C12H8Br2ClF2NS/c1-18-11(6-3-10(13)19-12(6)14)5-2-8(16)9(17)4-7(5)15/h2-4,11,18H,1H3. The third-order valence-corrected chi connectivity index (χ3v) is 5.35. The Hall–Kier alpha value is -0.0100. The third-order valence-electron chi connectivity index (χ3n) is 2.63. The fourth-order valence-electron chi connectivity index (χ4n) is 1.79. The predicted molar refractivity (Wildman–Crippen MR) is 82.0 cm³/mol. The summed E-state index contributed by atoms with van der Waals surface area (Å²) in [6.07, 6.45) is 0. The summed E-state index contributed by atoms with van der Waals surface area (Å²) in [5.41, 5.74) is 1.40. The number of nitrogens with one attached hydrogen (secondary N) is 1. The molecule has 0 spiro atoms. The van der Waals surface area contributed by atoms with Gasteiger partial charge in [-0.05, 0) is 68.2 Å². The highest BCUT2D eigenvalue weighted by atomic mass is 79.9. The molecule has 0 saturated carbocycles. The number of thiophene rings is 1. The van der Waals surface area contributed by atoms with Crippen LogP contribution in [-0.4, -0.2) is 7.05 Å². The van der Waals surface area contributed by atoms with Crippen molar-refractivity contribution in [1.82, 2.24) is 5.32 Å². The van der Waals surface area contributed by atoms with Gasteiger partial charge in [-0.1, -0.05) is 11.6 Å². The molecular weight excluding hydrogens is 423 g/mol. The average molecular weight is 432 g/mol. The van der Waals surface area contributed by atoms with Gasteiger partial charge in [0, 0.05) is 5.02 Å². The maximum Gasteiger partial charge on any atom is 0.160 e. The van der Waals surface area contributed by atoms with Crippen molar-refractivity contribution in [3.63, 3.8) is 0 Å². The smallest absolute Gasteiger partial charge is 0.160 e. The van der Waals surface area contributed by atoms with E-state index in [1.165, 1.54) is 11.3 Å². The van der Waals surface area contributed by atoms with Gasteiger partial charge < -0.3 is 5.32 Å². The van der Waals surface area contributed by atoms with Crippen LogP contribution in [0.4, 0.5) is 8.78 Å². The number of rotatable bonds is 3. The summed E-state index contributed by atoms with van der Waals surface area (Å²) in [5.74, 6) is -1.86. The maximum absolute atomic E-state index is 13.4. The van der Waals surface area contributed by atoms with Gasteiger partial charge in [-0.15, -0.1) is 11.3 Å². The summed E-state index contributed by atoms with van der Waals surface area (Å²) in [5, 5.41) is 3.25. The van der Waals surface area contributed by atoms with Gasteiger partial charge in [0.1, 0.15) is 0 Å². The lowest BCUT2D eigenvalue weighted by molar-refractivity contribution is 0.505. The largest absolute Gasteiger partial charge is 0.309 e. The van der Waals surface area contributed by atoms with E-state index in [1.54, 1.807) is 7.05 Å². The molecule has 1 aromatic carbocycles. The fraction of sp³-hybridized carbons (Fsp3) is 0.167. The van der Waals surface area contributed by atoms with Crippen LogP contribution >= 0.6 is 54.8 Å². The topological polar surface area (TPSA) is 12.0 Å². The van der Waals surface area contributed by atoms with Crippen molar-refractivity contribution in [1.29, 1.82) is 0 Å². The van der Waals surface area contributed by atoms with Crippen LogP contribution in [0.15, 0.2) is 25.8 Å². The monoisotopic (exact) mass is 429 g/mol. The van der Waals surface area contributed by atoms with Gasteiger partial charge in [0.15, 0.2) is 11.6 Å². The molecule has 1 heterocycles. The molecule has 7 heteroatoms. The normalized spacial score (nSPS) is 12.7. The first-order chi connectivity index (χ1) is 8.93. The van der Waals surface area contributed by atoms with Crippen LogP contribution in [0.3, 0.4) is 0 Å². The van der Waals surface area contributed by atoms with Crippen molar-refractivity contribution >= 4 is 54.8 Å². The Morgan fingerprint density at radius 2 is 1.79 bits per heavy atom. The lowest BCUT2D eigenvalue weighted by atomic mass is 10.0. The van der Waals surface area contributed by atoms with Crippen LogP contribution < -0.4 is 5.32 Å². The zero-order chi connectivity index (χ0) is 14.2. The van der Waals surface area contributed by atoms with Crippen molar-refractivity contribution < 1.29 is 8.78 Å². The lowest BCUT2D eigenvalue weighted by Crippen LogP contribution is -2.18. The van der Waals surface area contributed by atoms with Crippen molar-refractivity contribution in [2.24, 2.45) is 0 Å². The Bertz CT molecular complexity index is 618. The van der Waals surface area contributed by atoms with Crippen LogP contribution in [0.25, 0.3) is 0 Å². The summed E-state index contributed by atoms with van der Waals surface area (Å²) in [6.45, 7) is 0. The minimum atomic E-state index is -0.950. The molecule has 1 atom stereocenters. The molecular formula is C12H8Br2ClF2NS. The molecule has 0 aliphatic heterocycles. The van der Waals surface area contributed by atoms with Gasteiger partial charge in [-0.25, -0.2) is 8.78 Å². The summed E-state index contributed by atoms with van der Waals surface area (Å²) < 4.78 is 28.4. The summed E-state index contributed by atoms with van der Waals surface area (Å²) >= 11 is 14.4. The first-order valence-corrected chi connectivity index (χ1v) is 7.98. The minimum absolute atomic E-state index is 0.187. The molecule has 2 aromatic rings. The van der Waals surface area contributed by atoms with E-state index in [-0.39, 0.29) is 11.1 Å². The van der Waals surface area contributed by atoms with Gasteiger partial charge >= 0.3 is 0 Å². The summed E-state index contributed by atoms with van der Waals surface area (Å²) in [7, 11) is 1.74. The zero-order valence-corrected chi connectivity index (χ0v) is 14.4. The first-order valence-electron chi connectivity index (χ1n) is 5.20. The molecule has 1 N–H and O–H groups in total. The first kappa shape index (κ1) is 15.4. The van der Waals surface area contributed by atoms with Gasteiger partial charge in [0.25, 0.3) is 0 Å². The van der Waals surface area contributed by atoms with E-state index in [9.17, 15) is 8.78 Å². The number of halogens is 5. The highest BCUT2D eigenvalue weighted by Gasteiger charge is 2.21. The summed E-state index contributed by atoms with van der Waals surface area (Å²) in [6, 6.07) is 3.70. The number of benzene rings is 1. The Kier molecular flexibility index (Phi) is 5.00. The number of hydrogen-bond donors (Lipinski definition) is 1. The third kappa shape index (κ3) is 3.19. The quantitative estimate of drug-likeness (QED) is 0.632. The summed E-state index contributed by atoms with van der Waals surface area (Å²) in [4.78, 5) is 0. The molecule has 0 amide bonds. The second kappa shape index (κ2) is 6.18. The van der Waals surface area contributed by atoms with Crippen molar-refractivity contribution in [2.75, 3.05) is 7.05 Å². The van der Waals surface area contributed by atoms with Gasteiger partial charge in [0.05, 0.1) is 13.6 Å². The lowest BCUT2D eigenvalue weighted by Gasteiger charge is -2.18. The van der Waals surface area contributed by atoms with Gasteiger partial charge in [-0.3, -0.25) is 0 Å². The average Bonchev–Trinajstić information content (AvgIpc) is 2.66. The van der Waals surface area contributed by atoms with Crippen LogP contribution in [0.1, 0.15) is 17.2 Å². The fourth-order valence-corrected chi connectivity index (χ4v) is 4.95. The highest BCUT2D eigenvalue weighted by Crippen LogP contribution is 2.39.